The Labute approximate surface area is 150 Å². The van der Waals surface area contributed by atoms with Crippen LogP contribution in [-0.4, -0.2) is 25.4 Å². The molecule has 0 fully saturated rings. The average Bonchev–Trinajstić information content (AvgIpc) is 2.56. The number of rotatable bonds is 18. The van der Waals surface area contributed by atoms with Crippen molar-refractivity contribution in [2.75, 3.05) is 19.1 Å². The minimum atomic E-state index is 0.0200. The van der Waals surface area contributed by atoms with Crippen LogP contribution in [0.2, 0.25) is 0 Å². The zero-order valence-corrected chi connectivity index (χ0v) is 16.3. The Morgan fingerprint density at radius 3 is 1.91 bits per heavy atom. The van der Waals surface area contributed by atoms with Gasteiger partial charge in [0, 0.05) is 19.1 Å². The molecule has 0 aromatic heterocycles. The largest absolute Gasteiger partial charge is 0.353 e. The van der Waals surface area contributed by atoms with Crippen molar-refractivity contribution in [1.82, 2.24) is 0 Å². The van der Waals surface area contributed by atoms with Crippen molar-refractivity contribution >= 4 is 11.6 Å². The van der Waals surface area contributed by atoms with Gasteiger partial charge in [0.05, 0.1) is 0 Å². The van der Waals surface area contributed by atoms with Gasteiger partial charge in [0.25, 0.3) is 0 Å². The van der Waals surface area contributed by atoms with Crippen LogP contribution in [0.4, 0.5) is 0 Å². The summed E-state index contributed by atoms with van der Waals surface area (Å²) in [6, 6.07) is 0. The zero-order valence-electron chi connectivity index (χ0n) is 15.5. The summed E-state index contributed by atoms with van der Waals surface area (Å²) in [5.41, 5.74) is 0. The molecule has 0 unspecified atom stereocenters. The van der Waals surface area contributed by atoms with E-state index in [1.54, 1.807) is 0 Å². The second kappa shape index (κ2) is 20.0. The number of hydrogen-bond donors (Lipinski definition) is 0. The number of ether oxygens (including phenoxy) is 2. The predicted octanol–water partition coefficient (Wildman–Crippen LogP) is 6.86. The van der Waals surface area contributed by atoms with Gasteiger partial charge < -0.3 is 9.47 Å². The summed E-state index contributed by atoms with van der Waals surface area (Å²) in [7, 11) is 0. The topological polar surface area (TPSA) is 18.5 Å². The molecule has 3 heteroatoms. The van der Waals surface area contributed by atoms with E-state index in [2.05, 4.69) is 26.0 Å². The molecular weight excluding hydrogens is 308 g/mol. The molecule has 0 aliphatic carbocycles. The molecule has 0 aromatic carbocycles. The number of unbranched alkanes of at least 4 members (excludes halogenated alkanes) is 7. The standard InChI is InChI=1S/C20H39ClO2/c1-3-5-18-22-20(23-19-6-4-2)16-14-12-10-8-7-9-11-13-15-17-21/h11,13,20H,3-10,12,14-19H2,1-2H3/b13-11+. The lowest BCUT2D eigenvalue weighted by Crippen LogP contribution is -2.18. The molecule has 2 nitrogen and oxygen atoms in total. The third kappa shape index (κ3) is 18.1. The lowest BCUT2D eigenvalue weighted by Gasteiger charge is -2.18. The highest BCUT2D eigenvalue weighted by Crippen LogP contribution is 2.13. The molecule has 0 rings (SSSR count). The van der Waals surface area contributed by atoms with Crippen LogP contribution in [0.15, 0.2) is 12.2 Å². The van der Waals surface area contributed by atoms with Crippen LogP contribution in [0, 0.1) is 0 Å². The van der Waals surface area contributed by atoms with Crippen molar-refractivity contribution < 1.29 is 9.47 Å². The molecule has 0 saturated carbocycles. The fraction of sp³-hybridized carbons (Fsp3) is 0.900. The smallest absolute Gasteiger partial charge is 0.157 e. The number of alkyl halides is 1. The maximum Gasteiger partial charge on any atom is 0.157 e. The zero-order chi connectivity index (χ0) is 17.0. The van der Waals surface area contributed by atoms with Gasteiger partial charge in [-0.1, -0.05) is 58.1 Å². The first-order valence-corrected chi connectivity index (χ1v) is 10.3. The van der Waals surface area contributed by atoms with E-state index in [-0.39, 0.29) is 6.29 Å². The first kappa shape index (κ1) is 22.9. The van der Waals surface area contributed by atoms with Crippen molar-refractivity contribution in [2.45, 2.75) is 97.2 Å². The lowest BCUT2D eigenvalue weighted by atomic mass is 10.1. The van der Waals surface area contributed by atoms with Crippen molar-refractivity contribution in [2.24, 2.45) is 0 Å². The lowest BCUT2D eigenvalue weighted by molar-refractivity contribution is -0.147. The molecular formula is C20H39ClO2. The quantitative estimate of drug-likeness (QED) is 0.117. The van der Waals surface area contributed by atoms with Crippen LogP contribution >= 0.6 is 11.6 Å². The fourth-order valence-corrected chi connectivity index (χ4v) is 2.46. The van der Waals surface area contributed by atoms with E-state index in [1.165, 1.54) is 51.4 Å². The van der Waals surface area contributed by atoms with E-state index < -0.39 is 0 Å². The summed E-state index contributed by atoms with van der Waals surface area (Å²) >= 11 is 5.63. The highest BCUT2D eigenvalue weighted by atomic mass is 35.5. The molecule has 23 heavy (non-hydrogen) atoms. The Morgan fingerprint density at radius 1 is 0.739 bits per heavy atom. The van der Waals surface area contributed by atoms with Crippen LogP contribution in [0.5, 0.6) is 0 Å². The first-order valence-electron chi connectivity index (χ1n) is 9.79. The van der Waals surface area contributed by atoms with E-state index in [4.69, 9.17) is 21.1 Å². The molecule has 0 amide bonds. The molecule has 0 N–H and O–H groups in total. The second-order valence-electron chi connectivity index (χ2n) is 6.17. The minimum absolute atomic E-state index is 0.0200. The third-order valence-electron chi connectivity index (χ3n) is 3.86. The number of hydrogen-bond acceptors (Lipinski definition) is 2. The summed E-state index contributed by atoms with van der Waals surface area (Å²) in [5, 5.41) is 0. The first-order chi connectivity index (χ1) is 11.3. The molecule has 0 spiro atoms. The van der Waals surface area contributed by atoms with Gasteiger partial charge >= 0.3 is 0 Å². The van der Waals surface area contributed by atoms with Crippen LogP contribution in [-0.2, 0) is 9.47 Å². The molecule has 0 heterocycles. The Bertz CT molecular complexity index is 234. The van der Waals surface area contributed by atoms with Crippen molar-refractivity contribution in [3.05, 3.63) is 12.2 Å². The van der Waals surface area contributed by atoms with Crippen LogP contribution in [0.1, 0.15) is 90.9 Å². The predicted molar refractivity (Wildman–Crippen MR) is 102 cm³/mol. The van der Waals surface area contributed by atoms with Gasteiger partial charge in [0.1, 0.15) is 0 Å². The highest BCUT2D eigenvalue weighted by Gasteiger charge is 2.08. The van der Waals surface area contributed by atoms with E-state index in [0.717, 1.165) is 44.8 Å². The molecule has 0 aliphatic rings. The van der Waals surface area contributed by atoms with Crippen LogP contribution in [0.3, 0.4) is 0 Å². The van der Waals surface area contributed by atoms with Crippen molar-refractivity contribution in [3.63, 3.8) is 0 Å². The summed E-state index contributed by atoms with van der Waals surface area (Å²) in [6.07, 6.45) is 18.8. The number of halogens is 1. The van der Waals surface area contributed by atoms with Crippen molar-refractivity contribution in [3.8, 4) is 0 Å². The maximum atomic E-state index is 5.87. The summed E-state index contributed by atoms with van der Waals surface area (Å²) in [4.78, 5) is 0. The van der Waals surface area contributed by atoms with Gasteiger partial charge in [0.2, 0.25) is 0 Å². The fourth-order valence-electron chi connectivity index (χ4n) is 2.34. The number of allylic oxidation sites excluding steroid dienone is 2. The normalized spacial score (nSPS) is 11.8. The SMILES string of the molecule is CCCCOC(CCCCCCC/C=C/CCCl)OCCCC. The molecule has 0 radical (unpaired) electrons. The van der Waals surface area contributed by atoms with Crippen LogP contribution < -0.4 is 0 Å². The van der Waals surface area contributed by atoms with E-state index in [9.17, 15) is 0 Å². The van der Waals surface area contributed by atoms with Crippen molar-refractivity contribution in [1.29, 1.82) is 0 Å². The molecule has 0 bridgehead atoms. The molecule has 0 atom stereocenters. The highest BCUT2D eigenvalue weighted by molar-refractivity contribution is 6.17. The summed E-state index contributed by atoms with van der Waals surface area (Å²) in [5.74, 6) is 0.734. The Hall–Kier alpha value is -0.0500. The molecule has 0 aliphatic heterocycles. The van der Waals surface area contributed by atoms with Gasteiger partial charge in [-0.05, 0) is 44.9 Å². The Kier molecular flexibility index (Phi) is 20.0. The van der Waals surface area contributed by atoms with Gasteiger partial charge in [-0.15, -0.1) is 11.6 Å². The maximum absolute atomic E-state index is 5.87. The van der Waals surface area contributed by atoms with Gasteiger partial charge in [-0.2, -0.15) is 0 Å². The Balaban J connectivity index is 3.55. The van der Waals surface area contributed by atoms with Gasteiger partial charge in [-0.25, -0.2) is 0 Å². The second-order valence-corrected chi connectivity index (χ2v) is 6.55. The van der Waals surface area contributed by atoms with E-state index in [1.807, 2.05) is 0 Å². The molecule has 0 aromatic rings. The Morgan fingerprint density at radius 2 is 1.30 bits per heavy atom. The van der Waals surface area contributed by atoms with E-state index in [0.29, 0.717) is 0 Å². The monoisotopic (exact) mass is 346 g/mol. The van der Waals surface area contributed by atoms with Gasteiger partial charge in [0.15, 0.2) is 6.29 Å². The van der Waals surface area contributed by atoms with E-state index >= 15 is 0 Å². The average molecular weight is 347 g/mol. The van der Waals surface area contributed by atoms with Crippen LogP contribution in [0.25, 0.3) is 0 Å². The van der Waals surface area contributed by atoms with Gasteiger partial charge in [-0.3, -0.25) is 0 Å². The summed E-state index contributed by atoms with van der Waals surface area (Å²) in [6.45, 7) is 6.06. The summed E-state index contributed by atoms with van der Waals surface area (Å²) < 4.78 is 11.7. The molecule has 0 saturated heterocycles. The minimum Gasteiger partial charge on any atom is -0.353 e. The third-order valence-corrected chi connectivity index (χ3v) is 4.07. The molecule has 138 valence electrons.